The van der Waals surface area contributed by atoms with E-state index in [2.05, 4.69) is 12.6 Å². The molecule has 5 heteroatoms. The van der Waals surface area contributed by atoms with Gasteiger partial charge in [-0.15, -0.1) is 0 Å². The molecule has 0 radical (unpaired) electrons. The summed E-state index contributed by atoms with van der Waals surface area (Å²) in [6.07, 6.45) is -0.686. The van der Waals surface area contributed by atoms with E-state index in [0.29, 0.717) is 0 Å². The van der Waals surface area contributed by atoms with Gasteiger partial charge in [0.05, 0.1) is 12.7 Å². The lowest BCUT2D eigenvalue weighted by Crippen LogP contribution is -2.50. The summed E-state index contributed by atoms with van der Waals surface area (Å²) in [6.45, 7) is 5.21. The number of hydrogen-bond acceptors (Lipinski definition) is 5. The second kappa shape index (κ2) is 3.34. The molecule has 1 aliphatic heterocycles. The van der Waals surface area contributed by atoms with Crippen molar-refractivity contribution in [1.29, 1.82) is 0 Å². The normalized spacial score (nSPS) is 53.2. The maximum absolute atomic E-state index is 10.3. The summed E-state index contributed by atoms with van der Waals surface area (Å²) in [7, 11) is 0. The van der Waals surface area contributed by atoms with E-state index in [9.17, 15) is 10.2 Å². The smallest absolute Gasteiger partial charge is 0.163 e. The Labute approximate surface area is 95.0 Å². The molecule has 0 unspecified atom stereocenters. The highest BCUT2D eigenvalue weighted by Crippen LogP contribution is 2.48. The minimum atomic E-state index is -1.30. The minimum Gasteiger partial charge on any atom is -0.393 e. The van der Waals surface area contributed by atoms with Crippen molar-refractivity contribution in [3.63, 3.8) is 0 Å². The molecule has 0 bridgehead atoms. The van der Waals surface area contributed by atoms with E-state index in [0.717, 1.165) is 0 Å². The number of hydrogen-bond donors (Lipinski definition) is 3. The van der Waals surface area contributed by atoms with Gasteiger partial charge in [0.15, 0.2) is 5.79 Å². The molecule has 1 saturated carbocycles. The van der Waals surface area contributed by atoms with Crippen molar-refractivity contribution < 1.29 is 19.7 Å². The molecule has 4 nitrogen and oxygen atoms in total. The Kier molecular flexibility index (Phi) is 2.60. The molecule has 0 spiro atoms. The van der Waals surface area contributed by atoms with Gasteiger partial charge in [-0.05, 0) is 19.8 Å². The molecule has 0 aromatic heterocycles. The fourth-order valence-corrected chi connectivity index (χ4v) is 2.94. The van der Waals surface area contributed by atoms with Crippen molar-refractivity contribution in [3.05, 3.63) is 0 Å². The molecule has 2 aliphatic rings. The summed E-state index contributed by atoms with van der Waals surface area (Å²) in [6, 6.07) is 0. The molecule has 0 aromatic rings. The fourth-order valence-electron chi connectivity index (χ4n) is 2.55. The molecule has 1 aliphatic carbocycles. The Morgan fingerprint density at radius 1 is 1.33 bits per heavy atom. The second-order valence-corrected chi connectivity index (χ2v) is 5.53. The highest BCUT2D eigenvalue weighted by atomic mass is 32.1. The number of fused-ring (bicyclic) bond motifs is 1. The van der Waals surface area contributed by atoms with Crippen molar-refractivity contribution in [2.24, 2.45) is 5.92 Å². The molecule has 88 valence electrons. The van der Waals surface area contributed by atoms with E-state index in [1.54, 1.807) is 0 Å². The Hall–Kier alpha value is 0.190. The van der Waals surface area contributed by atoms with Crippen LogP contribution in [0.3, 0.4) is 0 Å². The van der Waals surface area contributed by atoms with Crippen LogP contribution in [-0.4, -0.2) is 45.7 Å². The topological polar surface area (TPSA) is 58.9 Å². The lowest BCUT2D eigenvalue weighted by atomic mass is 9.99. The average molecular weight is 234 g/mol. The van der Waals surface area contributed by atoms with E-state index < -0.39 is 17.5 Å². The molecule has 1 saturated heterocycles. The zero-order valence-electron chi connectivity index (χ0n) is 9.17. The summed E-state index contributed by atoms with van der Waals surface area (Å²) in [5.41, 5.74) is -1.30. The zero-order valence-corrected chi connectivity index (χ0v) is 10.1. The van der Waals surface area contributed by atoms with Crippen LogP contribution in [0.25, 0.3) is 0 Å². The first-order valence-electron chi connectivity index (χ1n) is 5.19. The van der Waals surface area contributed by atoms with Crippen LogP contribution < -0.4 is 0 Å². The maximum Gasteiger partial charge on any atom is 0.163 e. The van der Waals surface area contributed by atoms with Gasteiger partial charge in [0.2, 0.25) is 0 Å². The van der Waals surface area contributed by atoms with Crippen LogP contribution >= 0.6 is 12.6 Å². The largest absolute Gasteiger partial charge is 0.393 e. The molecular weight excluding hydrogens is 216 g/mol. The standard InChI is InChI=1S/C10H18O4S/c1-5-6-7(14-9(2,3)13-6)10(12,4-11)8(5)15/h5-8,11-12,15H,4H2,1-3H3/t5-,6+,7+,8+,10-/m1/s1. The lowest BCUT2D eigenvalue weighted by molar-refractivity contribution is -0.185. The molecule has 0 amide bonds. The molecule has 2 fully saturated rings. The van der Waals surface area contributed by atoms with Gasteiger partial charge in [0, 0.05) is 5.25 Å². The van der Waals surface area contributed by atoms with Crippen molar-refractivity contribution in [3.8, 4) is 0 Å². The van der Waals surface area contributed by atoms with E-state index in [-0.39, 0.29) is 23.9 Å². The molecule has 2 rings (SSSR count). The van der Waals surface area contributed by atoms with Crippen molar-refractivity contribution in [2.45, 2.75) is 49.6 Å². The Balaban J connectivity index is 2.30. The van der Waals surface area contributed by atoms with E-state index >= 15 is 0 Å². The molecule has 5 atom stereocenters. The fraction of sp³-hybridized carbons (Fsp3) is 1.00. The van der Waals surface area contributed by atoms with E-state index in [1.165, 1.54) is 0 Å². The third kappa shape index (κ3) is 1.52. The van der Waals surface area contributed by atoms with Crippen molar-refractivity contribution >= 4 is 12.6 Å². The van der Waals surface area contributed by atoms with Crippen LogP contribution in [0.1, 0.15) is 20.8 Å². The van der Waals surface area contributed by atoms with Crippen molar-refractivity contribution in [1.82, 2.24) is 0 Å². The molecule has 2 N–H and O–H groups in total. The molecule has 1 heterocycles. The van der Waals surface area contributed by atoms with Crippen LogP contribution in [0.5, 0.6) is 0 Å². The Morgan fingerprint density at radius 3 is 2.47 bits per heavy atom. The van der Waals surface area contributed by atoms with Gasteiger partial charge in [0.1, 0.15) is 11.7 Å². The quantitative estimate of drug-likeness (QED) is 0.566. The van der Waals surface area contributed by atoms with E-state index in [4.69, 9.17) is 9.47 Å². The monoisotopic (exact) mass is 234 g/mol. The first-order chi connectivity index (χ1) is 6.82. The van der Waals surface area contributed by atoms with Crippen molar-refractivity contribution in [2.75, 3.05) is 6.61 Å². The van der Waals surface area contributed by atoms with Crippen LogP contribution in [-0.2, 0) is 9.47 Å². The number of rotatable bonds is 1. The van der Waals surface area contributed by atoms with Crippen LogP contribution in [0.4, 0.5) is 0 Å². The average Bonchev–Trinajstić information content (AvgIpc) is 2.57. The predicted molar refractivity (Wildman–Crippen MR) is 57.8 cm³/mol. The molecule has 0 aromatic carbocycles. The summed E-state index contributed by atoms with van der Waals surface area (Å²) in [4.78, 5) is 0. The summed E-state index contributed by atoms with van der Waals surface area (Å²) in [5.74, 6) is -0.641. The second-order valence-electron chi connectivity index (χ2n) is 4.97. The van der Waals surface area contributed by atoms with Gasteiger partial charge in [-0.2, -0.15) is 12.6 Å². The highest BCUT2D eigenvalue weighted by Gasteiger charge is 2.63. The van der Waals surface area contributed by atoms with Gasteiger partial charge < -0.3 is 19.7 Å². The number of thiol groups is 1. The number of aliphatic hydroxyl groups is 2. The van der Waals surface area contributed by atoms with E-state index in [1.807, 2.05) is 20.8 Å². The van der Waals surface area contributed by atoms with Crippen LogP contribution in [0, 0.1) is 5.92 Å². The van der Waals surface area contributed by atoms with Gasteiger partial charge in [-0.25, -0.2) is 0 Å². The lowest BCUT2D eigenvalue weighted by Gasteiger charge is -2.32. The minimum absolute atomic E-state index is 0.0530. The number of ether oxygens (including phenoxy) is 2. The first kappa shape index (κ1) is 11.7. The third-order valence-electron chi connectivity index (χ3n) is 3.40. The Morgan fingerprint density at radius 2 is 1.93 bits per heavy atom. The molecule has 15 heavy (non-hydrogen) atoms. The van der Waals surface area contributed by atoms with Crippen LogP contribution in [0.15, 0.2) is 0 Å². The Bertz CT molecular complexity index is 270. The number of aliphatic hydroxyl groups excluding tert-OH is 1. The van der Waals surface area contributed by atoms with Gasteiger partial charge >= 0.3 is 0 Å². The predicted octanol–water partition coefficient (Wildman–Crippen LogP) is 0.178. The molecular formula is C10H18O4S. The summed E-state index contributed by atoms with van der Waals surface area (Å²) in [5, 5.41) is 19.3. The third-order valence-corrected chi connectivity index (χ3v) is 4.32. The van der Waals surface area contributed by atoms with Gasteiger partial charge in [-0.3, -0.25) is 0 Å². The first-order valence-corrected chi connectivity index (χ1v) is 5.70. The zero-order chi connectivity index (χ0) is 11.4. The highest BCUT2D eigenvalue weighted by molar-refractivity contribution is 7.81. The van der Waals surface area contributed by atoms with Crippen LogP contribution in [0.2, 0.25) is 0 Å². The SMILES string of the molecule is C[C@@H]1[C@@H]2OC(C)(C)O[C@@H]2[C@](O)(CO)[C@H]1S. The van der Waals surface area contributed by atoms with Gasteiger partial charge in [-0.1, -0.05) is 6.92 Å². The maximum atomic E-state index is 10.3. The van der Waals surface area contributed by atoms with Gasteiger partial charge in [0.25, 0.3) is 0 Å². The summed E-state index contributed by atoms with van der Waals surface area (Å²) < 4.78 is 11.3. The summed E-state index contributed by atoms with van der Waals surface area (Å²) >= 11 is 4.34.